The van der Waals surface area contributed by atoms with Crippen molar-refractivity contribution in [2.45, 2.75) is 18.8 Å². The number of rotatable bonds is 3. The Balaban J connectivity index is 1.31. The molecule has 0 radical (unpaired) electrons. The second-order valence-electron chi connectivity index (χ2n) is 7.19. The van der Waals surface area contributed by atoms with Gasteiger partial charge in [0.15, 0.2) is 0 Å². The minimum absolute atomic E-state index is 0.0319. The molecule has 0 unspecified atom stereocenters. The number of H-pyrrole nitrogens is 1. The predicted octanol–water partition coefficient (Wildman–Crippen LogP) is 3.77. The molecule has 0 bridgehead atoms. The lowest BCUT2D eigenvalue weighted by Crippen LogP contribution is -2.38. The topological polar surface area (TPSA) is 66.8 Å². The largest absolute Gasteiger partial charge is 0.342 e. The summed E-state index contributed by atoms with van der Waals surface area (Å²) in [6.07, 6.45) is 5.17. The number of aromatic nitrogens is 4. The first-order valence-electron chi connectivity index (χ1n) is 9.61. The molecule has 1 aliphatic heterocycles. The van der Waals surface area contributed by atoms with Gasteiger partial charge in [0.2, 0.25) is 0 Å². The van der Waals surface area contributed by atoms with Crippen LogP contribution in [-0.2, 0) is 0 Å². The van der Waals surface area contributed by atoms with E-state index in [9.17, 15) is 4.79 Å². The third kappa shape index (κ3) is 2.97. The average Bonchev–Trinajstić information content (AvgIpc) is 3.41. The van der Waals surface area contributed by atoms with Gasteiger partial charge in [-0.05, 0) is 37.1 Å². The van der Waals surface area contributed by atoms with E-state index < -0.39 is 0 Å². The van der Waals surface area contributed by atoms with Gasteiger partial charge in [0, 0.05) is 24.7 Å². The first kappa shape index (κ1) is 16.7. The van der Waals surface area contributed by atoms with Gasteiger partial charge in [-0.15, -0.1) is 0 Å². The van der Waals surface area contributed by atoms with Gasteiger partial charge in [0.05, 0.1) is 23.6 Å². The van der Waals surface area contributed by atoms with Gasteiger partial charge >= 0.3 is 0 Å². The van der Waals surface area contributed by atoms with Crippen molar-refractivity contribution < 1.29 is 4.79 Å². The number of piperidine rings is 1. The predicted molar refractivity (Wildman–Crippen MR) is 108 cm³/mol. The number of nitrogens with zero attached hydrogens (tertiary/aromatic N) is 4. The van der Waals surface area contributed by atoms with Gasteiger partial charge in [0.25, 0.3) is 5.91 Å². The van der Waals surface area contributed by atoms with Crippen LogP contribution < -0.4 is 0 Å². The molecule has 2 aromatic heterocycles. The SMILES string of the molecule is O=C(c1cncn1-c1ccccc1)N1CCC(c2nc3ccccc3[nH]2)CC1. The number of imidazole rings is 2. The van der Waals surface area contributed by atoms with Gasteiger partial charge < -0.3 is 9.88 Å². The summed E-state index contributed by atoms with van der Waals surface area (Å²) in [5.41, 5.74) is 3.62. The molecular formula is C22H21N5O. The summed E-state index contributed by atoms with van der Waals surface area (Å²) in [4.78, 5) is 27.4. The van der Waals surface area contributed by atoms with Crippen molar-refractivity contribution in [2.75, 3.05) is 13.1 Å². The number of carbonyl (C=O) groups is 1. The van der Waals surface area contributed by atoms with Crippen molar-refractivity contribution in [3.63, 3.8) is 0 Å². The van der Waals surface area contributed by atoms with Crippen molar-refractivity contribution in [3.05, 3.63) is 78.6 Å². The fourth-order valence-corrected chi connectivity index (χ4v) is 3.93. The van der Waals surface area contributed by atoms with E-state index in [0.717, 1.165) is 48.5 Å². The van der Waals surface area contributed by atoms with E-state index in [2.05, 4.69) is 16.0 Å². The van der Waals surface area contributed by atoms with E-state index >= 15 is 0 Å². The van der Waals surface area contributed by atoms with Gasteiger partial charge in [-0.1, -0.05) is 30.3 Å². The minimum Gasteiger partial charge on any atom is -0.342 e. The van der Waals surface area contributed by atoms with E-state index in [4.69, 9.17) is 4.98 Å². The van der Waals surface area contributed by atoms with E-state index in [1.54, 1.807) is 12.5 Å². The summed E-state index contributed by atoms with van der Waals surface area (Å²) < 4.78 is 1.85. The van der Waals surface area contributed by atoms with Crippen LogP contribution in [0.1, 0.15) is 35.1 Å². The highest BCUT2D eigenvalue weighted by atomic mass is 16.2. The van der Waals surface area contributed by atoms with Crippen molar-refractivity contribution >= 4 is 16.9 Å². The molecule has 0 aliphatic carbocycles. The average molecular weight is 371 g/mol. The zero-order valence-electron chi connectivity index (χ0n) is 15.5. The molecule has 140 valence electrons. The first-order valence-corrected chi connectivity index (χ1v) is 9.61. The van der Waals surface area contributed by atoms with Gasteiger partial charge in [-0.3, -0.25) is 9.36 Å². The second-order valence-corrected chi connectivity index (χ2v) is 7.19. The first-order chi connectivity index (χ1) is 13.8. The molecule has 1 amide bonds. The Kier molecular flexibility index (Phi) is 4.16. The Hall–Kier alpha value is -3.41. The number of hydrogen-bond donors (Lipinski definition) is 1. The Morgan fingerprint density at radius 2 is 1.75 bits per heavy atom. The Morgan fingerprint density at radius 3 is 2.54 bits per heavy atom. The van der Waals surface area contributed by atoms with Crippen LogP contribution in [0.3, 0.4) is 0 Å². The zero-order chi connectivity index (χ0) is 18.9. The summed E-state index contributed by atoms with van der Waals surface area (Å²) in [5, 5.41) is 0. The molecule has 6 nitrogen and oxygen atoms in total. The number of carbonyl (C=O) groups excluding carboxylic acids is 1. The van der Waals surface area contributed by atoms with Crippen LogP contribution in [0.2, 0.25) is 0 Å². The lowest BCUT2D eigenvalue weighted by molar-refractivity contribution is 0.0703. The van der Waals surface area contributed by atoms with Crippen LogP contribution in [0.5, 0.6) is 0 Å². The molecule has 6 heteroatoms. The van der Waals surface area contributed by atoms with E-state index in [1.807, 2.05) is 58.0 Å². The van der Waals surface area contributed by atoms with Crippen LogP contribution in [-0.4, -0.2) is 43.4 Å². The summed E-state index contributed by atoms with van der Waals surface area (Å²) in [6.45, 7) is 1.45. The fourth-order valence-electron chi connectivity index (χ4n) is 3.93. The van der Waals surface area contributed by atoms with E-state index in [1.165, 1.54) is 0 Å². The number of fused-ring (bicyclic) bond motifs is 1. The quantitative estimate of drug-likeness (QED) is 0.596. The second kappa shape index (κ2) is 6.96. The Morgan fingerprint density at radius 1 is 1.00 bits per heavy atom. The van der Waals surface area contributed by atoms with Gasteiger partial charge in [0.1, 0.15) is 11.5 Å². The molecule has 1 saturated heterocycles. The fraction of sp³-hybridized carbons (Fsp3) is 0.227. The highest BCUT2D eigenvalue weighted by molar-refractivity contribution is 5.93. The third-order valence-corrected chi connectivity index (χ3v) is 5.47. The molecule has 1 aliphatic rings. The molecule has 1 fully saturated rings. The van der Waals surface area contributed by atoms with Crippen LogP contribution in [0, 0.1) is 0 Å². The van der Waals surface area contributed by atoms with Crippen LogP contribution in [0.15, 0.2) is 67.1 Å². The monoisotopic (exact) mass is 371 g/mol. The maximum absolute atomic E-state index is 13.1. The molecule has 5 rings (SSSR count). The molecule has 0 atom stereocenters. The normalized spacial score (nSPS) is 15.2. The lowest BCUT2D eigenvalue weighted by Gasteiger charge is -2.31. The Labute approximate surface area is 162 Å². The lowest BCUT2D eigenvalue weighted by atomic mass is 9.96. The number of para-hydroxylation sites is 3. The molecule has 28 heavy (non-hydrogen) atoms. The molecule has 0 saturated carbocycles. The number of benzene rings is 2. The molecule has 1 N–H and O–H groups in total. The van der Waals surface area contributed by atoms with Crippen molar-refractivity contribution in [1.82, 2.24) is 24.4 Å². The zero-order valence-corrected chi connectivity index (χ0v) is 15.5. The maximum atomic E-state index is 13.1. The van der Waals surface area contributed by atoms with Gasteiger partial charge in [-0.25, -0.2) is 9.97 Å². The van der Waals surface area contributed by atoms with E-state index in [0.29, 0.717) is 11.6 Å². The summed E-state index contributed by atoms with van der Waals surface area (Å²) in [7, 11) is 0. The number of hydrogen-bond acceptors (Lipinski definition) is 3. The van der Waals surface area contributed by atoms with Crippen molar-refractivity contribution in [1.29, 1.82) is 0 Å². The number of nitrogens with one attached hydrogen (secondary N) is 1. The van der Waals surface area contributed by atoms with Crippen LogP contribution >= 0.6 is 0 Å². The molecule has 0 spiro atoms. The van der Waals surface area contributed by atoms with E-state index in [-0.39, 0.29) is 5.91 Å². The van der Waals surface area contributed by atoms with Crippen molar-refractivity contribution in [3.8, 4) is 5.69 Å². The minimum atomic E-state index is 0.0319. The Bertz CT molecular complexity index is 1070. The third-order valence-electron chi connectivity index (χ3n) is 5.47. The molecule has 2 aromatic carbocycles. The summed E-state index contributed by atoms with van der Waals surface area (Å²) in [6, 6.07) is 17.9. The number of aromatic amines is 1. The smallest absolute Gasteiger partial charge is 0.272 e. The number of amides is 1. The molecular weight excluding hydrogens is 350 g/mol. The standard InChI is InChI=1S/C22H21N5O/c28-22(20-14-23-15-27(20)17-6-2-1-3-7-17)26-12-10-16(11-13-26)21-24-18-8-4-5-9-19(18)25-21/h1-9,14-16H,10-13H2,(H,24,25). The van der Waals surface area contributed by atoms with Crippen LogP contribution in [0.25, 0.3) is 16.7 Å². The van der Waals surface area contributed by atoms with Gasteiger partial charge in [-0.2, -0.15) is 0 Å². The van der Waals surface area contributed by atoms with Crippen LogP contribution in [0.4, 0.5) is 0 Å². The highest BCUT2D eigenvalue weighted by Gasteiger charge is 2.28. The molecule has 3 heterocycles. The molecule has 4 aromatic rings. The van der Waals surface area contributed by atoms with Crippen molar-refractivity contribution in [2.24, 2.45) is 0 Å². The summed E-state index contributed by atoms with van der Waals surface area (Å²) >= 11 is 0. The maximum Gasteiger partial charge on any atom is 0.272 e. The highest BCUT2D eigenvalue weighted by Crippen LogP contribution is 2.28. The number of likely N-dealkylation sites (tertiary alicyclic amines) is 1. The summed E-state index contributed by atoms with van der Waals surface area (Å²) in [5.74, 6) is 1.42.